The molecule has 0 atom stereocenters. The first kappa shape index (κ1) is 22.6. The van der Waals surface area contributed by atoms with Crippen LogP contribution in [0.2, 0.25) is 0 Å². The molecule has 7 heteroatoms. The number of ether oxygens (including phenoxy) is 1. The molecule has 2 aromatic rings. The van der Waals surface area contributed by atoms with Gasteiger partial charge in [-0.05, 0) is 35.7 Å². The number of piperazine rings is 1. The van der Waals surface area contributed by atoms with Crippen LogP contribution in [0.15, 0.2) is 48.5 Å². The van der Waals surface area contributed by atoms with Gasteiger partial charge in [-0.1, -0.05) is 38.1 Å². The van der Waals surface area contributed by atoms with E-state index in [-0.39, 0.29) is 0 Å². The van der Waals surface area contributed by atoms with Gasteiger partial charge in [0.25, 0.3) is 0 Å². The lowest BCUT2D eigenvalue weighted by Crippen LogP contribution is -2.49. The van der Waals surface area contributed by atoms with Crippen LogP contribution in [0, 0.1) is 0 Å². The number of benzene rings is 2. The Morgan fingerprint density at radius 1 is 0.968 bits per heavy atom. The summed E-state index contributed by atoms with van der Waals surface area (Å²) in [5.74, 6) is 0.0524. The molecule has 166 valence electrons. The lowest BCUT2D eigenvalue weighted by atomic mass is 10.0. The minimum absolute atomic E-state index is 0.421. The average molecular weight is 425 g/mol. The maximum absolute atomic E-state index is 12.1. The molecule has 3 rings (SSSR count). The van der Waals surface area contributed by atoms with Gasteiger partial charge in [0.1, 0.15) is 5.75 Å². The Labute approximate surface area is 184 Å². The molecule has 0 aromatic heterocycles. The molecule has 0 saturated carbocycles. The van der Waals surface area contributed by atoms with Crippen LogP contribution in [0.4, 0.5) is 11.4 Å². The highest BCUT2D eigenvalue weighted by atomic mass is 16.5. The van der Waals surface area contributed by atoms with Gasteiger partial charge in [0.15, 0.2) is 0 Å². The van der Waals surface area contributed by atoms with Gasteiger partial charge in [-0.2, -0.15) is 0 Å². The molecule has 1 aliphatic heterocycles. The normalized spacial score (nSPS) is 14.4. The van der Waals surface area contributed by atoms with Crippen LogP contribution in [-0.2, 0) is 9.59 Å². The van der Waals surface area contributed by atoms with E-state index in [1.54, 1.807) is 7.11 Å². The van der Waals surface area contributed by atoms with E-state index in [9.17, 15) is 9.59 Å². The molecule has 1 aliphatic rings. The van der Waals surface area contributed by atoms with Crippen molar-refractivity contribution in [2.24, 2.45) is 0 Å². The molecule has 1 fully saturated rings. The third-order valence-electron chi connectivity index (χ3n) is 5.55. The summed E-state index contributed by atoms with van der Waals surface area (Å²) in [6.07, 6.45) is 0. The third-order valence-corrected chi connectivity index (χ3v) is 5.55. The van der Waals surface area contributed by atoms with Crippen LogP contribution < -0.4 is 20.3 Å². The van der Waals surface area contributed by atoms with E-state index in [0.717, 1.165) is 37.6 Å². The zero-order valence-electron chi connectivity index (χ0n) is 18.6. The van der Waals surface area contributed by atoms with Gasteiger partial charge in [-0.3, -0.25) is 14.5 Å². The van der Waals surface area contributed by atoms with Gasteiger partial charge in [-0.15, -0.1) is 0 Å². The first-order valence-corrected chi connectivity index (χ1v) is 10.8. The minimum Gasteiger partial charge on any atom is -0.495 e. The Balaban J connectivity index is 1.38. The Hall–Kier alpha value is -3.06. The number of carbonyl (C=O) groups excluding carboxylic acids is 2. The topological polar surface area (TPSA) is 73.9 Å². The minimum atomic E-state index is -0.640. The molecule has 2 amide bonds. The second-order valence-corrected chi connectivity index (χ2v) is 7.99. The molecule has 1 heterocycles. The zero-order chi connectivity index (χ0) is 22.2. The van der Waals surface area contributed by atoms with Gasteiger partial charge in [0, 0.05) is 45.0 Å². The van der Waals surface area contributed by atoms with E-state index in [1.165, 1.54) is 5.56 Å². The SMILES string of the molecule is COc1ccccc1N1CCN(CCNC(=O)C(=O)Nc2ccc(C(C)C)cc2)CC1. The Kier molecular flexibility index (Phi) is 7.89. The Morgan fingerprint density at radius 3 is 2.29 bits per heavy atom. The number of anilines is 2. The molecular formula is C24H32N4O3. The Morgan fingerprint density at radius 2 is 1.65 bits per heavy atom. The fourth-order valence-electron chi connectivity index (χ4n) is 3.65. The number of amides is 2. The van der Waals surface area contributed by atoms with Crippen LogP contribution >= 0.6 is 0 Å². The van der Waals surface area contributed by atoms with Gasteiger partial charge in [0.2, 0.25) is 0 Å². The van der Waals surface area contributed by atoms with Crippen molar-refractivity contribution in [3.05, 3.63) is 54.1 Å². The maximum Gasteiger partial charge on any atom is 0.313 e. The second-order valence-electron chi connectivity index (χ2n) is 7.99. The quantitative estimate of drug-likeness (QED) is 0.669. The summed E-state index contributed by atoms with van der Waals surface area (Å²) >= 11 is 0. The fourth-order valence-corrected chi connectivity index (χ4v) is 3.65. The average Bonchev–Trinajstić information content (AvgIpc) is 2.79. The van der Waals surface area contributed by atoms with E-state index in [1.807, 2.05) is 42.5 Å². The van der Waals surface area contributed by atoms with Crippen molar-refractivity contribution in [1.82, 2.24) is 10.2 Å². The lowest BCUT2D eigenvalue weighted by molar-refractivity contribution is -0.136. The van der Waals surface area contributed by atoms with Gasteiger partial charge in [0.05, 0.1) is 12.8 Å². The maximum atomic E-state index is 12.1. The number of nitrogens with one attached hydrogen (secondary N) is 2. The number of rotatable bonds is 7. The molecule has 2 aromatic carbocycles. The van der Waals surface area contributed by atoms with Crippen LogP contribution in [0.5, 0.6) is 5.75 Å². The number of para-hydroxylation sites is 2. The lowest BCUT2D eigenvalue weighted by Gasteiger charge is -2.36. The van der Waals surface area contributed by atoms with Gasteiger partial charge < -0.3 is 20.3 Å². The summed E-state index contributed by atoms with van der Waals surface area (Å²) in [7, 11) is 1.69. The van der Waals surface area contributed by atoms with Crippen molar-refractivity contribution in [1.29, 1.82) is 0 Å². The first-order chi connectivity index (χ1) is 15.0. The summed E-state index contributed by atoms with van der Waals surface area (Å²) in [6.45, 7) is 8.93. The summed E-state index contributed by atoms with van der Waals surface area (Å²) < 4.78 is 5.46. The molecular weight excluding hydrogens is 392 g/mol. The van der Waals surface area contributed by atoms with Gasteiger partial charge in [-0.25, -0.2) is 0 Å². The summed E-state index contributed by atoms with van der Waals surface area (Å²) in [6, 6.07) is 15.6. The second kappa shape index (κ2) is 10.8. The van der Waals surface area contributed by atoms with Gasteiger partial charge >= 0.3 is 11.8 Å². The summed E-state index contributed by atoms with van der Waals surface area (Å²) in [5.41, 5.74) is 2.92. The van der Waals surface area contributed by atoms with Crippen LogP contribution in [0.3, 0.4) is 0 Å². The van der Waals surface area contributed by atoms with E-state index in [2.05, 4.69) is 40.3 Å². The van der Waals surface area contributed by atoms with E-state index in [0.29, 0.717) is 24.7 Å². The Bertz CT molecular complexity index is 875. The predicted octanol–water partition coefficient (Wildman–Crippen LogP) is 2.70. The largest absolute Gasteiger partial charge is 0.495 e. The molecule has 0 unspecified atom stereocenters. The molecule has 0 aliphatic carbocycles. The standard InChI is InChI=1S/C24H32N4O3/c1-18(2)19-8-10-20(11-9-19)26-24(30)23(29)25-12-13-27-14-16-28(17-15-27)21-6-4-5-7-22(21)31-3/h4-11,18H,12-17H2,1-3H3,(H,25,29)(H,26,30). The number of methoxy groups -OCH3 is 1. The number of hydrogen-bond acceptors (Lipinski definition) is 5. The molecule has 2 N–H and O–H groups in total. The van der Waals surface area contributed by atoms with Crippen LogP contribution in [-0.4, -0.2) is 63.1 Å². The third kappa shape index (κ3) is 6.21. The number of hydrogen-bond donors (Lipinski definition) is 2. The molecule has 1 saturated heterocycles. The first-order valence-electron chi connectivity index (χ1n) is 10.8. The smallest absolute Gasteiger partial charge is 0.313 e. The van der Waals surface area contributed by atoms with Crippen molar-refractivity contribution < 1.29 is 14.3 Å². The molecule has 0 radical (unpaired) electrons. The van der Waals surface area contributed by atoms with E-state index in [4.69, 9.17) is 4.74 Å². The van der Waals surface area contributed by atoms with E-state index >= 15 is 0 Å². The monoisotopic (exact) mass is 424 g/mol. The summed E-state index contributed by atoms with van der Waals surface area (Å²) in [5, 5.41) is 5.36. The highest BCUT2D eigenvalue weighted by molar-refractivity contribution is 6.39. The van der Waals surface area contributed by atoms with Crippen molar-refractivity contribution in [3.63, 3.8) is 0 Å². The predicted molar refractivity (Wildman–Crippen MR) is 124 cm³/mol. The highest BCUT2D eigenvalue weighted by Crippen LogP contribution is 2.28. The van der Waals surface area contributed by atoms with Crippen LogP contribution in [0.25, 0.3) is 0 Å². The van der Waals surface area contributed by atoms with Crippen molar-refractivity contribution >= 4 is 23.2 Å². The summed E-state index contributed by atoms with van der Waals surface area (Å²) in [4.78, 5) is 28.8. The van der Waals surface area contributed by atoms with Crippen LogP contribution in [0.1, 0.15) is 25.3 Å². The highest BCUT2D eigenvalue weighted by Gasteiger charge is 2.20. The van der Waals surface area contributed by atoms with Crippen molar-refractivity contribution in [3.8, 4) is 5.75 Å². The number of nitrogens with zero attached hydrogens (tertiary/aromatic N) is 2. The zero-order valence-corrected chi connectivity index (χ0v) is 18.6. The fraction of sp³-hybridized carbons (Fsp3) is 0.417. The molecule has 7 nitrogen and oxygen atoms in total. The molecule has 0 bridgehead atoms. The van der Waals surface area contributed by atoms with Crippen molar-refractivity contribution in [2.45, 2.75) is 19.8 Å². The number of carbonyl (C=O) groups is 2. The molecule has 31 heavy (non-hydrogen) atoms. The molecule has 0 spiro atoms. The van der Waals surface area contributed by atoms with E-state index < -0.39 is 11.8 Å². The van der Waals surface area contributed by atoms with Crippen molar-refractivity contribution in [2.75, 3.05) is 56.6 Å².